The van der Waals surface area contributed by atoms with E-state index in [9.17, 15) is 18.0 Å². The van der Waals surface area contributed by atoms with Crippen molar-refractivity contribution in [3.63, 3.8) is 0 Å². The van der Waals surface area contributed by atoms with Crippen LogP contribution in [0.2, 0.25) is 0 Å². The largest absolute Gasteiger partial charge is 0.416 e. The van der Waals surface area contributed by atoms with Gasteiger partial charge < -0.3 is 9.64 Å². The van der Waals surface area contributed by atoms with E-state index >= 15 is 0 Å². The molecule has 0 radical (unpaired) electrons. The molecule has 1 aromatic carbocycles. The van der Waals surface area contributed by atoms with Crippen LogP contribution in [0.5, 0.6) is 0 Å². The standard InChI is InChI=1S/C18H22F3NO2/c1-24-15-4-2-9-17(15)10-3-11-22(12-17)16(23)13-5-7-14(8-6-13)18(19,20)21/h5-8,15H,2-4,9-12H2,1H3/t15-,17+/m1/s1. The molecule has 1 aliphatic carbocycles. The molecule has 1 aliphatic heterocycles. The highest BCUT2D eigenvalue weighted by Crippen LogP contribution is 2.46. The van der Waals surface area contributed by atoms with Gasteiger partial charge in [0.2, 0.25) is 0 Å². The number of likely N-dealkylation sites (tertiary alicyclic amines) is 1. The van der Waals surface area contributed by atoms with Crippen molar-refractivity contribution in [3.05, 3.63) is 35.4 Å². The minimum atomic E-state index is -4.38. The average Bonchev–Trinajstić information content (AvgIpc) is 2.95. The molecule has 1 aromatic rings. The van der Waals surface area contributed by atoms with Gasteiger partial charge in [0.15, 0.2) is 0 Å². The monoisotopic (exact) mass is 341 g/mol. The third-order valence-electron chi connectivity index (χ3n) is 5.46. The van der Waals surface area contributed by atoms with Gasteiger partial charge in [-0.1, -0.05) is 6.42 Å². The molecule has 3 nitrogen and oxygen atoms in total. The highest BCUT2D eigenvalue weighted by Gasteiger charge is 2.46. The van der Waals surface area contributed by atoms with E-state index in [1.807, 2.05) is 0 Å². The maximum Gasteiger partial charge on any atom is 0.416 e. The molecule has 2 fully saturated rings. The van der Waals surface area contributed by atoms with Crippen LogP contribution < -0.4 is 0 Å². The van der Waals surface area contributed by atoms with Crippen LogP contribution in [0.25, 0.3) is 0 Å². The molecule has 1 saturated carbocycles. The number of amides is 1. The Hall–Kier alpha value is -1.56. The van der Waals surface area contributed by atoms with Crippen LogP contribution in [0.1, 0.15) is 48.0 Å². The van der Waals surface area contributed by atoms with E-state index in [0.29, 0.717) is 18.7 Å². The smallest absolute Gasteiger partial charge is 0.381 e. The summed E-state index contributed by atoms with van der Waals surface area (Å²) in [7, 11) is 1.72. The fourth-order valence-electron chi connectivity index (χ4n) is 4.26. The fourth-order valence-corrected chi connectivity index (χ4v) is 4.26. The van der Waals surface area contributed by atoms with Crippen molar-refractivity contribution < 1.29 is 22.7 Å². The van der Waals surface area contributed by atoms with Crippen LogP contribution >= 0.6 is 0 Å². The molecule has 2 atom stereocenters. The quantitative estimate of drug-likeness (QED) is 0.810. The van der Waals surface area contributed by atoms with Crippen molar-refractivity contribution in [1.29, 1.82) is 0 Å². The highest BCUT2D eigenvalue weighted by molar-refractivity contribution is 5.94. The molecule has 0 aromatic heterocycles. The Balaban J connectivity index is 1.75. The van der Waals surface area contributed by atoms with Crippen LogP contribution in [0.3, 0.4) is 0 Å². The van der Waals surface area contributed by atoms with Gasteiger partial charge in [0.05, 0.1) is 11.7 Å². The van der Waals surface area contributed by atoms with E-state index in [1.165, 1.54) is 12.1 Å². The van der Waals surface area contributed by atoms with E-state index < -0.39 is 11.7 Å². The van der Waals surface area contributed by atoms with Crippen molar-refractivity contribution in [1.82, 2.24) is 4.90 Å². The van der Waals surface area contributed by atoms with E-state index in [0.717, 1.165) is 44.2 Å². The van der Waals surface area contributed by atoms with E-state index in [-0.39, 0.29) is 17.4 Å². The zero-order chi connectivity index (χ0) is 17.4. The van der Waals surface area contributed by atoms with Gasteiger partial charge in [-0.15, -0.1) is 0 Å². The molecule has 0 N–H and O–H groups in total. The van der Waals surface area contributed by atoms with Crippen molar-refractivity contribution in [3.8, 4) is 0 Å². The summed E-state index contributed by atoms with van der Waals surface area (Å²) in [6.45, 7) is 1.28. The van der Waals surface area contributed by atoms with Crippen molar-refractivity contribution in [2.24, 2.45) is 5.41 Å². The summed E-state index contributed by atoms with van der Waals surface area (Å²) in [5.41, 5.74) is -0.411. The molecule has 0 unspecified atom stereocenters. The number of halogens is 3. The minimum absolute atomic E-state index is 0.00850. The molecule has 3 rings (SSSR count). The Bertz CT molecular complexity index is 599. The topological polar surface area (TPSA) is 29.5 Å². The molecule has 1 saturated heterocycles. The van der Waals surface area contributed by atoms with Gasteiger partial charge in [0.1, 0.15) is 0 Å². The Labute approximate surface area is 139 Å². The number of carbonyl (C=O) groups excluding carboxylic acids is 1. The van der Waals surface area contributed by atoms with Gasteiger partial charge in [-0.05, 0) is 49.9 Å². The molecule has 0 bridgehead atoms. The molecular weight excluding hydrogens is 319 g/mol. The lowest BCUT2D eigenvalue weighted by atomic mass is 9.76. The molecule has 1 heterocycles. The van der Waals surface area contributed by atoms with Gasteiger partial charge in [0.25, 0.3) is 5.91 Å². The number of hydrogen-bond donors (Lipinski definition) is 0. The number of rotatable bonds is 2. The van der Waals surface area contributed by atoms with Crippen molar-refractivity contribution >= 4 is 5.91 Å². The van der Waals surface area contributed by atoms with Gasteiger partial charge in [-0.3, -0.25) is 4.79 Å². The van der Waals surface area contributed by atoms with Crippen LogP contribution in [-0.4, -0.2) is 37.1 Å². The van der Waals surface area contributed by atoms with Crippen molar-refractivity contribution in [2.75, 3.05) is 20.2 Å². The van der Waals surface area contributed by atoms with Gasteiger partial charge in [0, 0.05) is 31.2 Å². The van der Waals surface area contributed by atoms with Gasteiger partial charge in [-0.25, -0.2) is 0 Å². The lowest BCUT2D eigenvalue weighted by molar-refractivity contribution is -0.137. The second-order valence-electron chi connectivity index (χ2n) is 6.88. The first-order chi connectivity index (χ1) is 11.4. The Morgan fingerprint density at radius 3 is 2.50 bits per heavy atom. The van der Waals surface area contributed by atoms with E-state index in [1.54, 1.807) is 12.0 Å². The van der Waals surface area contributed by atoms with Crippen LogP contribution in [0.4, 0.5) is 13.2 Å². The van der Waals surface area contributed by atoms with Crippen LogP contribution in [0.15, 0.2) is 24.3 Å². The normalized spacial score (nSPS) is 27.7. The maximum absolute atomic E-state index is 12.7. The number of nitrogens with zero attached hydrogens (tertiary/aromatic N) is 1. The average molecular weight is 341 g/mol. The zero-order valence-corrected chi connectivity index (χ0v) is 13.7. The molecule has 6 heteroatoms. The summed E-state index contributed by atoms with van der Waals surface area (Å²) >= 11 is 0. The summed E-state index contributed by atoms with van der Waals surface area (Å²) < 4.78 is 43.6. The van der Waals surface area contributed by atoms with Crippen LogP contribution in [0, 0.1) is 5.41 Å². The SMILES string of the molecule is CO[C@@H]1CCC[C@@]12CCCN(C(=O)c1ccc(C(F)(F)F)cc1)C2. The lowest BCUT2D eigenvalue weighted by Crippen LogP contribution is -2.49. The van der Waals surface area contributed by atoms with Crippen molar-refractivity contribution in [2.45, 2.75) is 44.4 Å². The predicted octanol–water partition coefficient (Wildman–Crippen LogP) is 4.13. The number of methoxy groups -OCH3 is 1. The molecule has 132 valence electrons. The number of piperidine rings is 1. The third-order valence-corrected chi connectivity index (χ3v) is 5.46. The maximum atomic E-state index is 12.7. The fraction of sp³-hybridized carbons (Fsp3) is 0.611. The Kier molecular flexibility index (Phi) is 4.60. The first kappa shape index (κ1) is 17.3. The Morgan fingerprint density at radius 1 is 1.21 bits per heavy atom. The number of alkyl halides is 3. The summed E-state index contributed by atoms with van der Waals surface area (Å²) in [4.78, 5) is 14.5. The summed E-state index contributed by atoms with van der Waals surface area (Å²) in [5.74, 6) is -0.190. The molecule has 24 heavy (non-hydrogen) atoms. The first-order valence-electron chi connectivity index (χ1n) is 8.35. The Morgan fingerprint density at radius 2 is 1.88 bits per heavy atom. The highest BCUT2D eigenvalue weighted by atomic mass is 19.4. The number of ether oxygens (including phenoxy) is 1. The lowest BCUT2D eigenvalue weighted by Gasteiger charge is -2.43. The minimum Gasteiger partial charge on any atom is -0.381 e. The summed E-state index contributed by atoms with van der Waals surface area (Å²) in [6.07, 6.45) is 0.892. The molecule has 2 aliphatic rings. The van der Waals surface area contributed by atoms with E-state index in [4.69, 9.17) is 4.74 Å². The number of benzene rings is 1. The summed E-state index contributed by atoms with van der Waals surface area (Å²) in [5, 5.41) is 0. The van der Waals surface area contributed by atoms with Crippen LogP contribution in [-0.2, 0) is 10.9 Å². The predicted molar refractivity (Wildman–Crippen MR) is 83.7 cm³/mol. The number of carbonyl (C=O) groups is 1. The summed E-state index contributed by atoms with van der Waals surface area (Å²) in [6, 6.07) is 4.49. The second-order valence-corrected chi connectivity index (χ2v) is 6.88. The van der Waals surface area contributed by atoms with E-state index in [2.05, 4.69) is 0 Å². The van der Waals surface area contributed by atoms with Gasteiger partial charge in [-0.2, -0.15) is 13.2 Å². The second kappa shape index (κ2) is 6.39. The molecular formula is C18H22F3NO2. The first-order valence-corrected chi connectivity index (χ1v) is 8.35. The third kappa shape index (κ3) is 3.16. The number of hydrogen-bond acceptors (Lipinski definition) is 2. The van der Waals surface area contributed by atoms with Gasteiger partial charge >= 0.3 is 6.18 Å². The molecule has 1 amide bonds. The molecule has 1 spiro atoms. The zero-order valence-electron chi connectivity index (χ0n) is 13.7.